The van der Waals surface area contributed by atoms with Crippen molar-refractivity contribution >= 4 is 22.2 Å². The number of para-hydroxylation sites is 1. The first kappa shape index (κ1) is 21.4. The lowest BCUT2D eigenvalue weighted by atomic mass is 9.98. The SMILES string of the molecule is CC(Oc1ccccc1)C(=O)Nc1sc2c(c1C#N)CCCCCCCCCC2. The van der Waals surface area contributed by atoms with Gasteiger partial charge >= 0.3 is 0 Å². The van der Waals surface area contributed by atoms with Gasteiger partial charge in [-0.3, -0.25) is 4.79 Å². The zero-order valence-electron chi connectivity index (χ0n) is 17.2. The van der Waals surface area contributed by atoms with Gasteiger partial charge in [-0.05, 0) is 50.3 Å². The van der Waals surface area contributed by atoms with Gasteiger partial charge in [0.2, 0.25) is 0 Å². The summed E-state index contributed by atoms with van der Waals surface area (Å²) in [6, 6.07) is 11.7. The number of fused-ring (bicyclic) bond motifs is 1. The van der Waals surface area contributed by atoms with E-state index < -0.39 is 6.10 Å². The van der Waals surface area contributed by atoms with E-state index in [-0.39, 0.29) is 5.91 Å². The number of thiophene rings is 1. The number of nitrogens with zero attached hydrogens (tertiary/aromatic N) is 1. The normalized spacial score (nSPS) is 16.4. The topological polar surface area (TPSA) is 62.1 Å². The fourth-order valence-electron chi connectivity index (χ4n) is 3.80. The summed E-state index contributed by atoms with van der Waals surface area (Å²) in [5.41, 5.74) is 1.81. The molecule has 1 aromatic heterocycles. The number of hydrogen-bond acceptors (Lipinski definition) is 4. The number of hydrogen-bond donors (Lipinski definition) is 1. The Hall–Kier alpha value is -2.32. The summed E-state index contributed by atoms with van der Waals surface area (Å²) < 4.78 is 5.73. The van der Waals surface area contributed by atoms with Gasteiger partial charge in [-0.15, -0.1) is 11.3 Å². The van der Waals surface area contributed by atoms with E-state index in [1.165, 1.54) is 43.4 Å². The van der Waals surface area contributed by atoms with Crippen molar-refractivity contribution in [1.29, 1.82) is 5.26 Å². The van der Waals surface area contributed by atoms with Crippen molar-refractivity contribution in [2.75, 3.05) is 5.32 Å². The van der Waals surface area contributed by atoms with Crippen molar-refractivity contribution in [3.05, 3.63) is 46.3 Å². The predicted molar refractivity (Wildman–Crippen MR) is 119 cm³/mol. The monoisotopic (exact) mass is 410 g/mol. The standard InChI is InChI=1S/C24H30N2O2S/c1-18(28-19-13-9-8-10-14-19)23(27)26-24-21(17-25)20-15-11-6-4-2-3-5-7-12-16-22(20)29-24/h8-10,13-14,18H,2-7,11-12,15-16H2,1H3,(H,26,27). The Kier molecular flexibility index (Phi) is 8.13. The van der Waals surface area contributed by atoms with Crippen molar-refractivity contribution in [2.24, 2.45) is 0 Å². The lowest BCUT2D eigenvalue weighted by Crippen LogP contribution is -2.30. The smallest absolute Gasteiger partial charge is 0.265 e. The summed E-state index contributed by atoms with van der Waals surface area (Å²) in [6.45, 7) is 1.74. The molecule has 1 aliphatic rings. The van der Waals surface area contributed by atoms with Gasteiger partial charge in [0.05, 0.1) is 5.56 Å². The van der Waals surface area contributed by atoms with Crippen LogP contribution in [0.4, 0.5) is 5.00 Å². The molecule has 1 atom stereocenters. The molecule has 3 rings (SSSR count). The summed E-state index contributed by atoms with van der Waals surface area (Å²) in [5, 5.41) is 13.5. The Bertz CT molecular complexity index is 839. The number of nitrogens with one attached hydrogen (secondary N) is 1. The van der Waals surface area contributed by atoms with Crippen LogP contribution in [0.2, 0.25) is 0 Å². The van der Waals surface area contributed by atoms with Crippen LogP contribution in [0.5, 0.6) is 5.75 Å². The second-order valence-corrected chi connectivity index (χ2v) is 8.82. The summed E-state index contributed by atoms with van der Waals surface area (Å²) in [6.07, 6.45) is 11.2. The maximum atomic E-state index is 12.7. The van der Waals surface area contributed by atoms with E-state index in [9.17, 15) is 10.1 Å². The molecule has 1 aromatic carbocycles. The molecule has 4 nitrogen and oxygen atoms in total. The van der Waals surface area contributed by atoms with E-state index in [1.807, 2.05) is 30.3 Å². The zero-order valence-corrected chi connectivity index (χ0v) is 18.0. The molecule has 0 spiro atoms. The second kappa shape index (κ2) is 11.0. The largest absolute Gasteiger partial charge is 0.481 e. The van der Waals surface area contributed by atoms with Crippen LogP contribution in [0.15, 0.2) is 30.3 Å². The molecule has 0 radical (unpaired) electrons. The Labute approximate surface area is 177 Å². The van der Waals surface area contributed by atoms with Crippen LogP contribution in [0, 0.1) is 11.3 Å². The van der Waals surface area contributed by atoms with E-state index in [0.29, 0.717) is 16.3 Å². The molecule has 1 heterocycles. The molecule has 5 heteroatoms. The van der Waals surface area contributed by atoms with Gasteiger partial charge in [0.25, 0.3) is 5.91 Å². The third-order valence-electron chi connectivity index (χ3n) is 5.45. The lowest BCUT2D eigenvalue weighted by molar-refractivity contribution is -0.122. The van der Waals surface area contributed by atoms with Gasteiger partial charge in [0.1, 0.15) is 16.8 Å². The van der Waals surface area contributed by atoms with Gasteiger partial charge < -0.3 is 10.1 Å². The molecule has 154 valence electrons. The lowest BCUT2D eigenvalue weighted by Gasteiger charge is -2.14. The van der Waals surface area contributed by atoms with Crippen molar-refractivity contribution < 1.29 is 9.53 Å². The highest BCUT2D eigenvalue weighted by Gasteiger charge is 2.22. The molecule has 2 aromatic rings. The Morgan fingerprint density at radius 3 is 2.31 bits per heavy atom. The first-order chi connectivity index (χ1) is 14.2. The summed E-state index contributed by atoms with van der Waals surface area (Å²) in [4.78, 5) is 14.0. The van der Waals surface area contributed by atoms with E-state index in [0.717, 1.165) is 31.2 Å². The van der Waals surface area contributed by atoms with Gasteiger partial charge in [0, 0.05) is 4.88 Å². The molecule has 0 bridgehead atoms. The van der Waals surface area contributed by atoms with Gasteiger partial charge in [-0.1, -0.05) is 56.7 Å². The number of benzene rings is 1. The number of aryl methyl sites for hydroxylation is 1. The van der Waals surface area contributed by atoms with E-state index in [4.69, 9.17) is 4.74 Å². The van der Waals surface area contributed by atoms with Crippen molar-refractivity contribution in [1.82, 2.24) is 0 Å². The number of amides is 1. The molecule has 1 aliphatic carbocycles. The first-order valence-electron chi connectivity index (χ1n) is 10.8. The van der Waals surface area contributed by atoms with Crippen molar-refractivity contribution in [2.45, 2.75) is 77.2 Å². The summed E-state index contributed by atoms with van der Waals surface area (Å²) in [5.74, 6) is 0.441. The molecular formula is C24H30N2O2S. The van der Waals surface area contributed by atoms with E-state index in [2.05, 4.69) is 11.4 Å². The van der Waals surface area contributed by atoms with Crippen LogP contribution < -0.4 is 10.1 Å². The highest BCUT2D eigenvalue weighted by atomic mass is 32.1. The molecular weight excluding hydrogens is 380 g/mol. The number of ether oxygens (including phenoxy) is 1. The number of carbonyl (C=O) groups excluding carboxylic acids is 1. The van der Waals surface area contributed by atoms with E-state index in [1.54, 1.807) is 18.3 Å². The minimum Gasteiger partial charge on any atom is -0.481 e. The van der Waals surface area contributed by atoms with Crippen molar-refractivity contribution in [3.8, 4) is 11.8 Å². The highest BCUT2D eigenvalue weighted by Crippen LogP contribution is 2.36. The Morgan fingerprint density at radius 2 is 1.66 bits per heavy atom. The molecule has 1 amide bonds. The number of anilines is 1. The maximum absolute atomic E-state index is 12.7. The molecule has 1 N–H and O–H groups in total. The number of carbonyl (C=O) groups is 1. The van der Waals surface area contributed by atoms with Crippen LogP contribution in [-0.2, 0) is 17.6 Å². The van der Waals surface area contributed by atoms with Gasteiger partial charge in [0.15, 0.2) is 6.10 Å². The second-order valence-electron chi connectivity index (χ2n) is 7.71. The molecule has 0 fully saturated rings. The summed E-state index contributed by atoms with van der Waals surface area (Å²) >= 11 is 1.58. The molecule has 0 aliphatic heterocycles. The van der Waals surface area contributed by atoms with Crippen molar-refractivity contribution in [3.63, 3.8) is 0 Å². The van der Waals surface area contributed by atoms with Gasteiger partial charge in [-0.25, -0.2) is 0 Å². The third-order valence-corrected chi connectivity index (χ3v) is 6.65. The maximum Gasteiger partial charge on any atom is 0.265 e. The van der Waals surface area contributed by atoms with Gasteiger partial charge in [-0.2, -0.15) is 5.26 Å². The summed E-state index contributed by atoms with van der Waals surface area (Å²) in [7, 11) is 0. The Balaban J connectivity index is 1.73. The van der Waals surface area contributed by atoms with Crippen LogP contribution in [0.25, 0.3) is 0 Å². The van der Waals surface area contributed by atoms with E-state index >= 15 is 0 Å². The average Bonchev–Trinajstić information content (AvgIpc) is 3.04. The Morgan fingerprint density at radius 1 is 1.03 bits per heavy atom. The molecule has 0 saturated carbocycles. The highest BCUT2D eigenvalue weighted by molar-refractivity contribution is 7.16. The van der Waals surface area contributed by atoms with Crippen LogP contribution in [0.3, 0.4) is 0 Å². The van der Waals surface area contributed by atoms with Crippen LogP contribution in [-0.4, -0.2) is 12.0 Å². The minimum atomic E-state index is -0.632. The predicted octanol–water partition coefficient (Wildman–Crippen LogP) is 6.25. The van der Waals surface area contributed by atoms with Crippen LogP contribution >= 0.6 is 11.3 Å². The minimum absolute atomic E-state index is 0.220. The molecule has 29 heavy (non-hydrogen) atoms. The quantitative estimate of drug-likeness (QED) is 0.648. The fraction of sp³-hybridized carbons (Fsp3) is 0.500. The average molecular weight is 411 g/mol. The molecule has 1 unspecified atom stereocenters. The number of nitriles is 1. The zero-order chi connectivity index (χ0) is 20.5. The fourth-order valence-corrected chi connectivity index (χ4v) is 5.05. The first-order valence-corrected chi connectivity index (χ1v) is 11.6. The molecule has 0 saturated heterocycles. The number of rotatable bonds is 4. The third kappa shape index (κ3) is 6.08. The van der Waals surface area contributed by atoms with Crippen LogP contribution in [0.1, 0.15) is 74.3 Å².